The van der Waals surface area contributed by atoms with Gasteiger partial charge in [-0.3, -0.25) is 4.79 Å². The molecule has 0 saturated heterocycles. The van der Waals surface area contributed by atoms with Crippen molar-refractivity contribution in [2.75, 3.05) is 0 Å². The van der Waals surface area contributed by atoms with Crippen LogP contribution in [-0.2, 0) is 6.42 Å². The van der Waals surface area contributed by atoms with Gasteiger partial charge in [0.2, 0.25) is 5.56 Å². The Labute approximate surface area is 89.0 Å². The highest BCUT2D eigenvalue weighted by molar-refractivity contribution is 5.32. The summed E-state index contributed by atoms with van der Waals surface area (Å²) in [7, 11) is 0. The second-order valence-electron chi connectivity index (χ2n) is 4.87. The monoisotopic (exact) mass is 201 g/mol. The van der Waals surface area contributed by atoms with Crippen LogP contribution in [0.4, 0.5) is 0 Å². The van der Waals surface area contributed by atoms with Crippen LogP contribution in [0.15, 0.2) is 28.6 Å². The predicted molar refractivity (Wildman–Crippen MR) is 60.0 cm³/mol. The number of H-pyrrole nitrogens is 1. The molecule has 2 atom stereocenters. The molecule has 1 aromatic rings. The van der Waals surface area contributed by atoms with Gasteiger partial charge in [-0.05, 0) is 43.6 Å². The molecule has 1 heterocycles. The van der Waals surface area contributed by atoms with Crippen LogP contribution in [-0.4, -0.2) is 4.98 Å². The quantitative estimate of drug-likeness (QED) is 0.642. The first-order chi connectivity index (χ1) is 7.22. The Kier molecular flexibility index (Phi) is 1.84. The number of hydrogen-bond acceptors (Lipinski definition) is 1. The van der Waals surface area contributed by atoms with E-state index in [9.17, 15) is 4.79 Å². The number of rotatable bonds is 0. The third kappa shape index (κ3) is 1.44. The lowest BCUT2D eigenvalue weighted by Crippen LogP contribution is -2.25. The van der Waals surface area contributed by atoms with Gasteiger partial charge in [0, 0.05) is 11.8 Å². The van der Waals surface area contributed by atoms with E-state index in [-0.39, 0.29) is 5.56 Å². The van der Waals surface area contributed by atoms with E-state index in [2.05, 4.69) is 18.0 Å². The molecule has 2 bridgehead atoms. The fourth-order valence-corrected chi connectivity index (χ4v) is 3.10. The molecule has 1 N–H and O–H groups in total. The van der Waals surface area contributed by atoms with Crippen LogP contribution in [0.1, 0.15) is 36.9 Å². The Morgan fingerprint density at radius 3 is 3.07 bits per heavy atom. The molecule has 0 aliphatic heterocycles. The molecule has 3 rings (SSSR count). The molecule has 2 aliphatic carbocycles. The largest absolute Gasteiger partial charge is 0.326 e. The highest BCUT2D eigenvalue weighted by Crippen LogP contribution is 2.41. The minimum absolute atomic E-state index is 0.0365. The molecule has 0 amide bonds. The Morgan fingerprint density at radius 2 is 2.20 bits per heavy atom. The highest BCUT2D eigenvalue weighted by atomic mass is 16.1. The minimum atomic E-state index is 0.0365. The Hall–Kier alpha value is -1.31. The van der Waals surface area contributed by atoms with Crippen molar-refractivity contribution in [2.45, 2.75) is 32.1 Å². The first-order valence-electron chi connectivity index (χ1n) is 5.62. The van der Waals surface area contributed by atoms with E-state index in [4.69, 9.17) is 0 Å². The molecule has 15 heavy (non-hydrogen) atoms. The summed E-state index contributed by atoms with van der Waals surface area (Å²) in [4.78, 5) is 14.2. The average molecular weight is 201 g/mol. The van der Waals surface area contributed by atoms with Crippen LogP contribution in [0.5, 0.6) is 0 Å². The van der Waals surface area contributed by atoms with E-state index in [0.717, 1.165) is 12.8 Å². The van der Waals surface area contributed by atoms with Crippen molar-refractivity contribution >= 4 is 0 Å². The van der Waals surface area contributed by atoms with E-state index in [1.807, 2.05) is 6.07 Å². The van der Waals surface area contributed by atoms with E-state index >= 15 is 0 Å². The van der Waals surface area contributed by atoms with Crippen molar-refractivity contribution in [1.82, 2.24) is 4.98 Å². The van der Waals surface area contributed by atoms with Gasteiger partial charge >= 0.3 is 0 Å². The second kappa shape index (κ2) is 3.09. The molecule has 0 aromatic carbocycles. The smallest absolute Gasteiger partial charge is 0.248 e. The van der Waals surface area contributed by atoms with Crippen LogP contribution < -0.4 is 5.56 Å². The minimum Gasteiger partial charge on any atom is -0.326 e. The van der Waals surface area contributed by atoms with Gasteiger partial charge in [-0.1, -0.05) is 17.7 Å². The Bertz CT molecular complexity index is 484. The first-order valence-corrected chi connectivity index (χ1v) is 5.62. The highest BCUT2D eigenvalue weighted by Gasteiger charge is 2.29. The molecule has 0 radical (unpaired) electrons. The van der Waals surface area contributed by atoms with Crippen LogP contribution in [0.25, 0.3) is 0 Å². The summed E-state index contributed by atoms with van der Waals surface area (Å²) in [5.74, 6) is 1.29. The number of allylic oxidation sites excluding steroid dienone is 2. The normalized spacial score (nSPS) is 28.2. The molecular weight excluding hydrogens is 186 g/mol. The van der Waals surface area contributed by atoms with Crippen molar-refractivity contribution < 1.29 is 0 Å². The van der Waals surface area contributed by atoms with Crippen LogP contribution in [0.2, 0.25) is 0 Å². The van der Waals surface area contributed by atoms with Crippen molar-refractivity contribution in [3.63, 3.8) is 0 Å². The zero-order valence-corrected chi connectivity index (χ0v) is 8.92. The molecular formula is C13H15NO. The maximum absolute atomic E-state index is 11.3. The fraction of sp³-hybridized carbons (Fsp3) is 0.462. The lowest BCUT2D eigenvalue weighted by molar-refractivity contribution is 0.430. The lowest BCUT2D eigenvalue weighted by Gasteiger charge is -2.34. The molecule has 2 aliphatic rings. The molecule has 1 aromatic heterocycles. The third-order valence-electron chi connectivity index (χ3n) is 3.62. The fourth-order valence-electron chi connectivity index (χ4n) is 3.10. The number of pyridine rings is 1. The van der Waals surface area contributed by atoms with E-state index < -0.39 is 0 Å². The average Bonchev–Trinajstić information content (AvgIpc) is 2.15. The van der Waals surface area contributed by atoms with Gasteiger partial charge in [0.05, 0.1) is 0 Å². The van der Waals surface area contributed by atoms with Gasteiger partial charge in [-0.2, -0.15) is 0 Å². The summed E-state index contributed by atoms with van der Waals surface area (Å²) in [6.07, 6.45) is 5.82. The molecule has 0 fully saturated rings. The van der Waals surface area contributed by atoms with Gasteiger partial charge in [-0.25, -0.2) is 0 Å². The zero-order valence-electron chi connectivity index (χ0n) is 8.92. The van der Waals surface area contributed by atoms with Crippen LogP contribution in [0.3, 0.4) is 0 Å². The van der Waals surface area contributed by atoms with Gasteiger partial charge in [0.25, 0.3) is 0 Å². The second-order valence-corrected chi connectivity index (χ2v) is 4.87. The zero-order chi connectivity index (χ0) is 10.4. The molecule has 78 valence electrons. The van der Waals surface area contributed by atoms with Gasteiger partial charge in [0.15, 0.2) is 0 Å². The number of nitrogens with one attached hydrogen (secondary N) is 1. The number of hydrogen-bond donors (Lipinski definition) is 1. The summed E-state index contributed by atoms with van der Waals surface area (Å²) in [6.45, 7) is 2.22. The van der Waals surface area contributed by atoms with Crippen molar-refractivity contribution in [3.05, 3.63) is 45.4 Å². The van der Waals surface area contributed by atoms with Crippen LogP contribution in [0, 0.1) is 5.92 Å². The van der Waals surface area contributed by atoms with E-state index in [1.54, 1.807) is 6.07 Å². The molecule has 0 saturated carbocycles. The van der Waals surface area contributed by atoms with Crippen molar-refractivity contribution in [1.29, 1.82) is 0 Å². The number of aromatic amines is 1. The summed E-state index contributed by atoms with van der Waals surface area (Å²) in [6, 6.07) is 3.68. The van der Waals surface area contributed by atoms with Crippen LogP contribution >= 0.6 is 0 Å². The first kappa shape index (κ1) is 8.96. The van der Waals surface area contributed by atoms with E-state index in [1.165, 1.54) is 23.3 Å². The molecule has 2 heteroatoms. The number of aromatic nitrogens is 1. The number of fused-ring (bicyclic) bond motifs is 4. The van der Waals surface area contributed by atoms with Gasteiger partial charge < -0.3 is 4.98 Å². The van der Waals surface area contributed by atoms with Gasteiger partial charge in [0.1, 0.15) is 0 Å². The Morgan fingerprint density at radius 1 is 1.33 bits per heavy atom. The summed E-state index contributed by atoms with van der Waals surface area (Å²) in [5.41, 5.74) is 4.09. The van der Waals surface area contributed by atoms with E-state index in [0.29, 0.717) is 11.8 Å². The molecule has 0 spiro atoms. The Balaban J connectivity index is 2.11. The standard InChI is InChI=1S/C13H15NO/c1-8-4-9-6-10(5-8)11-2-3-13(15)14-12(11)7-9/h2-4,9-10H,5-7H2,1H3,(H,14,15). The summed E-state index contributed by atoms with van der Waals surface area (Å²) in [5, 5.41) is 0. The maximum Gasteiger partial charge on any atom is 0.248 e. The maximum atomic E-state index is 11.3. The SMILES string of the molecule is CC1=CC2Cc3[nH]c(=O)ccc3C(C1)C2. The summed E-state index contributed by atoms with van der Waals surface area (Å²) >= 11 is 0. The van der Waals surface area contributed by atoms with Crippen molar-refractivity contribution in [2.24, 2.45) is 5.92 Å². The van der Waals surface area contributed by atoms with Crippen molar-refractivity contribution in [3.8, 4) is 0 Å². The molecule has 2 nitrogen and oxygen atoms in total. The third-order valence-corrected chi connectivity index (χ3v) is 3.62. The van der Waals surface area contributed by atoms with Gasteiger partial charge in [-0.15, -0.1) is 0 Å². The topological polar surface area (TPSA) is 32.9 Å². The predicted octanol–water partition coefficient (Wildman–Crippen LogP) is 2.37. The lowest BCUT2D eigenvalue weighted by atomic mass is 9.72. The molecule has 2 unspecified atom stereocenters. The summed E-state index contributed by atoms with van der Waals surface area (Å²) < 4.78 is 0.